The van der Waals surface area contributed by atoms with Crippen LogP contribution in [0.2, 0.25) is 10.0 Å². The summed E-state index contributed by atoms with van der Waals surface area (Å²) < 4.78 is 10.8. The Hall–Kier alpha value is -0.770. The Labute approximate surface area is 147 Å². The van der Waals surface area contributed by atoms with E-state index in [2.05, 4.69) is 6.92 Å². The summed E-state index contributed by atoms with van der Waals surface area (Å²) >= 11 is 12.2. The van der Waals surface area contributed by atoms with Crippen LogP contribution in [0.5, 0.6) is 0 Å². The Kier molecular flexibility index (Phi) is 4.91. The van der Waals surface area contributed by atoms with Gasteiger partial charge in [-0.05, 0) is 54.2 Å². The van der Waals surface area contributed by atoms with Crippen molar-refractivity contribution in [2.45, 2.75) is 31.8 Å². The van der Waals surface area contributed by atoms with Gasteiger partial charge in [0.1, 0.15) is 0 Å². The molecule has 0 spiro atoms. The molecule has 2 fully saturated rings. The zero-order valence-corrected chi connectivity index (χ0v) is 15.1. The number of carbonyl (C=O) groups is 1. The van der Waals surface area contributed by atoms with Crippen molar-refractivity contribution >= 4 is 29.2 Å². The Morgan fingerprint density at radius 3 is 2.48 bits per heavy atom. The average Bonchev–Trinajstić information content (AvgIpc) is 2.75. The Morgan fingerprint density at radius 1 is 1.13 bits per heavy atom. The molecule has 0 radical (unpaired) electrons. The lowest BCUT2D eigenvalue weighted by Crippen LogP contribution is -2.38. The van der Waals surface area contributed by atoms with Gasteiger partial charge in [0.05, 0.1) is 29.2 Å². The smallest absolute Gasteiger partial charge is 0.309 e. The molecule has 2 bridgehead atoms. The van der Waals surface area contributed by atoms with Gasteiger partial charge in [0.25, 0.3) is 0 Å². The first-order valence-corrected chi connectivity index (χ1v) is 8.79. The second-order valence-corrected chi connectivity index (χ2v) is 7.58. The van der Waals surface area contributed by atoms with Gasteiger partial charge in [-0.2, -0.15) is 0 Å². The number of hydrogen-bond donors (Lipinski definition) is 0. The van der Waals surface area contributed by atoms with Gasteiger partial charge in [0.2, 0.25) is 0 Å². The number of benzene rings is 1. The number of esters is 1. The summed E-state index contributed by atoms with van der Waals surface area (Å²) in [5.74, 6) is 1.03. The molecule has 3 rings (SSSR count). The number of rotatable bonds is 3. The fourth-order valence-electron chi connectivity index (χ4n) is 4.72. The van der Waals surface area contributed by atoms with Gasteiger partial charge in [0.15, 0.2) is 0 Å². The summed E-state index contributed by atoms with van der Waals surface area (Å²) in [5, 5.41) is 1.06. The zero-order chi connectivity index (χ0) is 16.7. The number of ether oxygens (including phenoxy) is 2. The standard InChI is InChI=1S/C18H22Cl2O3/c1-9-11-7-13(10-4-5-14(19)15(20)6-10)17(18(21)23-3)12(9)8-16(11)22-2/h4-6,9,11-13,16-17H,7-8H2,1-3H3/t9?,11-,12-,13-,16-,17+/m0/s1. The minimum Gasteiger partial charge on any atom is -0.469 e. The predicted octanol–water partition coefficient (Wildman–Crippen LogP) is 4.56. The van der Waals surface area contributed by atoms with Crippen molar-refractivity contribution in [3.05, 3.63) is 33.8 Å². The van der Waals surface area contributed by atoms with Gasteiger partial charge < -0.3 is 9.47 Å². The van der Waals surface area contributed by atoms with E-state index < -0.39 is 0 Å². The van der Waals surface area contributed by atoms with Crippen LogP contribution in [0.15, 0.2) is 18.2 Å². The molecule has 1 unspecified atom stereocenters. The van der Waals surface area contributed by atoms with Crippen LogP contribution in [0.25, 0.3) is 0 Å². The third kappa shape index (κ3) is 2.88. The normalized spacial score (nSPS) is 36.0. The third-order valence-corrected chi connectivity index (χ3v) is 6.64. The van der Waals surface area contributed by atoms with E-state index in [1.807, 2.05) is 12.1 Å². The minimum atomic E-state index is -0.149. The lowest BCUT2D eigenvalue weighted by molar-refractivity contribution is -0.150. The molecule has 5 heteroatoms. The summed E-state index contributed by atoms with van der Waals surface area (Å²) in [5.41, 5.74) is 1.06. The Balaban J connectivity index is 2.00. The van der Waals surface area contributed by atoms with Crippen molar-refractivity contribution in [2.24, 2.45) is 23.7 Å². The summed E-state index contributed by atoms with van der Waals surface area (Å²) in [6.45, 7) is 2.23. The molecule has 0 heterocycles. The van der Waals surface area contributed by atoms with E-state index in [1.165, 1.54) is 7.11 Å². The fourth-order valence-corrected chi connectivity index (χ4v) is 5.03. The first kappa shape index (κ1) is 17.1. The first-order valence-electron chi connectivity index (χ1n) is 8.03. The van der Waals surface area contributed by atoms with Crippen LogP contribution in [-0.2, 0) is 14.3 Å². The lowest BCUT2D eigenvalue weighted by Gasteiger charge is -2.39. The summed E-state index contributed by atoms with van der Waals surface area (Å²) in [7, 11) is 3.23. The highest BCUT2D eigenvalue weighted by atomic mass is 35.5. The quantitative estimate of drug-likeness (QED) is 0.744. The van der Waals surface area contributed by atoms with E-state index in [-0.39, 0.29) is 29.8 Å². The maximum atomic E-state index is 12.5. The lowest BCUT2D eigenvalue weighted by atomic mass is 9.65. The van der Waals surface area contributed by atoms with Crippen molar-refractivity contribution in [1.82, 2.24) is 0 Å². The summed E-state index contributed by atoms with van der Waals surface area (Å²) in [6, 6.07) is 5.68. The van der Waals surface area contributed by atoms with E-state index in [0.717, 1.165) is 18.4 Å². The van der Waals surface area contributed by atoms with Crippen LogP contribution in [0.4, 0.5) is 0 Å². The molecule has 0 aromatic heterocycles. The maximum Gasteiger partial charge on any atom is 0.309 e. The molecule has 1 aromatic carbocycles. The van der Waals surface area contributed by atoms with Gasteiger partial charge >= 0.3 is 5.97 Å². The van der Waals surface area contributed by atoms with Crippen LogP contribution in [0.3, 0.4) is 0 Å². The van der Waals surface area contributed by atoms with E-state index in [9.17, 15) is 4.79 Å². The van der Waals surface area contributed by atoms with Crippen LogP contribution in [-0.4, -0.2) is 26.3 Å². The van der Waals surface area contributed by atoms with Crippen molar-refractivity contribution in [3.8, 4) is 0 Å². The number of hydrogen-bond acceptors (Lipinski definition) is 3. The molecule has 2 aliphatic carbocycles. The first-order chi connectivity index (χ1) is 11.0. The Bertz CT molecular complexity index is 604. The number of methoxy groups -OCH3 is 2. The second-order valence-electron chi connectivity index (χ2n) is 6.76. The predicted molar refractivity (Wildman–Crippen MR) is 90.9 cm³/mol. The highest BCUT2D eigenvalue weighted by Gasteiger charge is 2.54. The largest absolute Gasteiger partial charge is 0.469 e. The molecule has 1 aromatic rings. The maximum absolute atomic E-state index is 12.5. The van der Waals surface area contributed by atoms with Crippen molar-refractivity contribution < 1.29 is 14.3 Å². The molecular weight excluding hydrogens is 335 g/mol. The molecule has 3 nitrogen and oxygen atoms in total. The molecule has 0 saturated heterocycles. The molecule has 6 atom stereocenters. The van der Waals surface area contributed by atoms with Crippen LogP contribution >= 0.6 is 23.2 Å². The highest BCUT2D eigenvalue weighted by Crippen LogP contribution is 2.56. The highest BCUT2D eigenvalue weighted by molar-refractivity contribution is 6.42. The molecule has 126 valence electrons. The van der Waals surface area contributed by atoms with Gasteiger partial charge in [-0.1, -0.05) is 36.2 Å². The fraction of sp³-hybridized carbons (Fsp3) is 0.611. The minimum absolute atomic E-state index is 0.101. The molecule has 0 amide bonds. The van der Waals surface area contributed by atoms with Crippen molar-refractivity contribution in [1.29, 1.82) is 0 Å². The second kappa shape index (κ2) is 6.62. The summed E-state index contributed by atoms with van der Waals surface area (Å²) in [4.78, 5) is 12.5. The van der Waals surface area contributed by atoms with Gasteiger partial charge in [0, 0.05) is 7.11 Å². The van der Waals surface area contributed by atoms with Gasteiger partial charge in [-0.25, -0.2) is 0 Å². The molecule has 2 aliphatic rings. The topological polar surface area (TPSA) is 35.5 Å². The molecule has 0 aliphatic heterocycles. The van der Waals surface area contributed by atoms with Crippen LogP contribution < -0.4 is 0 Å². The Morgan fingerprint density at radius 2 is 1.87 bits per heavy atom. The van der Waals surface area contributed by atoms with Gasteiger partial charge in [-0.3, -0.25) is 4.79 Å². The monoisotopic (exact) mass is 356 g/mol. The molecule has 23 heavy (non-hydrogen) atoms. The number of fused-ring (bicyclic) bond motifs is 2. The summed E-state index contributed by atoms with van der Waals surface area (Å²) in [6.07, 6.45) is 2.04. The number of carbonyl (C=O) groups excluding carboxylic acids is 1. The van der Waals surface area contributed by atoms with E-state index in [0.29, 0.717) is 21.9 Å². The van der Waals surface area contributed by atoms with E-state index in [4.69, 9.17) is 32.7 Å². The van der Waals surface area contributed by atoms with Crippen LogP contribution in [0, 0.1) is 23.7 Å². The van der Waals surface area contributed by atoms with Crippen molar-refractivity contribution in [2.75, 3.05) is 14.2 Å². The number of halogens is 2. The van der Waals surface area contributed by atoms with E-state index >= 15 is 0 Å². The van der Waals surface area contributed by atoms with Gasteiger partial charge in [-0.15, -0.1) is 0 Å². The van der Waals surface area contributed by atoms with E-state index in [1.54, 1.807) is 13.2 Å². The molecule has 0 N–H and O–H groups in total. The van der Waals surface area contributed by atoms with Crippen LogP contribution in [0.1, 0.15) is 31.2 Å². The zero-order valence-electron chi connectivity index (χ0n) is 13.6. The molecule has 2 saturated carbocycles. The molecular formula is C18H22Cl2O3. The average molecular weight is 357 g/mol. The SMILES string of the molecule is COC(=O)[C@H]1[C@H](c2ccc(Cl)c(Cl)c2)C[C@H]2C(C)[C@@H]1C[C@@H]2OC. The third-order valence-electron chi connectivity index (χ3n) is 5.90. The van der Waals surface area contributed by atoms with Crippen molar-refractivity contribution in [3.63, 3.8) is 0 Å².